The number of rotatable bonds is 2. The summed E-state index contributed by atoms with van der Waals surface area (Å²) >= 11 is 3.91. The highest BCUT2D eigenvalue weighted by atomic mass is 32.2. The van der Waals surface area contributed by atoms with E-state index in [1.807, 2.05) is 23.1 Å². The van der Waals surface area contributed by atoms with Crippen LogP contribution in [-0.4, -0.2) is 16.0 Å². The predicted octanol–water partition coefficient (Wildman–Crippen LogP) is 3.63. The Morgan fingerprint density at radius 1 is 1.44 bits per heavy atom. The van der Waals surface area contributed by atoms with E-state index in [0.29, 0.717) is 11.7 Å². The van der Waals surface area contributed by atoms with Gasteiger partial charge in [-0.3, -0.25) is 5.10 Å². The molecule has 18 heavy (non-hydrogen) atoms. The Labute approximate surface area is 115 Å². The highest BCUT2D eigenvalue weighted by Crippen LogP contribution is 2.40. The van der Waals surface area contributed by atoms with E-state index < -0.39 is 0 Å². The number of fused-ring (bicyclic) bond motifs is 1. The van der Waals surface area contributed by atoms with Gasteiger partial charge in [-0.1, -0.05) is 13.8 Å². The van der Waals surface area contributed by atoms with E-state index in [0.717, 1.165) is 17.0 Å². The number of anilines is 1. The molecular weight excluding hydrogens is 262 g/mol. The van der Waals surface area contributed by atoms with Gasteiger partial charge in [-0.25, -0.2) is 0 Å². The summed E-state index contributed by atoms with van der Waals surface area (Å²) in [5, 5.41) is 7.28. The fourth-order valence-corrected chi connectivity index (χ4v) is 4.79. The molecule has 0 amide bonds. The van der Waals surface area contributed by atoms with Crippen molar-refractivity contribution < 1.29 is 0 Å². The number of thiophene rings is 1. The summed E-state index contributed by atoms with van der Waals surface area (Å²) in [5.74, 6) is 3.43. The summed E-state index contributed by atoms with van der Waals surface area (Å²) in [7, 11) is 0. The van der Waals surface area contributed by atoms with Gasteiger partial charge in [-0.05, 0) is 29.7 Å². The molecule has 3 nitrogen and oxygen atoms in total. The number of hydrogen-bond acceptors (Lipinski definition) is 4. The zero-order valence-electron chi connectivity index (χ0n) is 10.6. The van der Waals surface area contributed by atoms with E-state index in [9.17, 15) is 0 Å². The maximum atomic E-state index is 5.96. The van der Waals surface area contributed by atoms with Crippen LogP contribution in [0.15, 0.2) is 6.07 Å². The molecule has 2 aromatic rings. The molecule has 1 aliphatic heterocycles. The van der Waals surface area contributed by atoms with Crippen molar-refractivity contribution >= 4 is 28.9 Å². The van der Waals surface area contributed by atoms with Gasteiger partial charge in [-0.15, -0.1) is 11.3 Å². The summed E-state index contributed by atoms with van der Waals surface area (Å²) in [6.45, 7) is 4.32. The molecule has 0 saturated heterocycles. The Balaban J connectivity index is 2.07. The van der Waals surface area contributed by atoms with Crippen LogP contribution in [-0.2, 0) is 12.2 Å². The van der Waals surface area contributed by atoms with E-state index in [-0.39, 0.29) is 0 Å². The SMILES string of the molecule is CC(C)c1c(N)n[nH]c1-c1cc2c(s1)CCSC2. The third-order valence-corrected chi connectivity index (χ3v) is 5.55. The normalized spacial score (nSPS) is 15.1. The standard InChI is InChI=1S/C13H17N3S2/c1-7(2)11-12(15-16-13(11)14)10-5-8-6-17-4-3-9(8)18-10/h5,7H,3-4,6H2,1-2H3,(H3,14,15,16). The number of nitrogens with one attached hydrogen (secondary N) is 1. The molecule has 2 aromatic heterocycles. The van der Waals surface area contributed by atoms with Gasteiger partial charge in [0, 0.05) is 16.2 Å². The predicted molar refractivity (Wildman–Crippen MR) is 80.3 cm³/mol. The van der Waals surface area contributed by atoms with E-state index in [2.05, 4.69) is 30.1 Å². The molecule has 96 valence electrons. The van der Waals surface area contributed by atoms with Crippen LogP contribution in [0.1, 0.15) is 35.8 Å². The van der Waals surface area contributed by atoms with Gasteiger partial charge >= 0.3 is 0 Å². The molecule has 0 saturated carbocycles. The van der Waals surface area contributed by atoms with Gasteiger partial charge < -0.3 is 5.73 Å². The number of nitrogen functional groups attached to an aromatic ring is 1. The number of thioether (sulfide) groups is 1. The number of nitrogens with two attached hydrogens (primary N) is 1. The second-order valence-corrected chi connectivity index (χ2v) is 7.16. The Morgan fingerprint density at radius 3 is 3.00 bits per heavy atom. The van der Waals surface area contributed by atoms with Crippen LogP contribution in [0.4, 0.5) is 5.82 Å². The van der Waals surface area contributed by atoms with Crippen molar-refractivity contribution in [1.29, 1.82) is 0 Å². The average Bonchev–Trinajstić information content (AvgIpc) is 2.91. The Bertz CT molecular complexity index is 545. The van der Waals surface area contributed by atoms with E-state index in [4.69, 9.17) is 5.73 Å². The van der Waals surface area contributed by atoms with Crippen LogP contribution < -0.4 is 5.73 Å². The van der Waals surface area contributed by atoms with E-state index >= 15 is 0 Å². The lowest BCUT2D eigenvalue weighted by Gasteiger charge is -2.08. The Morgan fingerprint density at radius 2 is 2.28 bits per heavy atom. The summed E-state index contributed by atoms with van der Waals surface area (Å²) in [4.78, 5) is 2.82. The van der Waals surface area contributed by atoms with Crippen molar-refractivity contribution in [2.75, 3.05) is 11.5 Å². The molecule has 0 radical (unpaired) electrons. The van der Waals surface area contributed by atoms with E-state index in [1.54, 1.807) is 0 Å². The molecule has 3 heterocycles. The summed E-state index contributed by atoms with van der Waals surface area (Å²) in [5.41, 5.74) is 9.73. The molecule has 0 unspecified atom stereocenters. The number of aromatic nitrogens is 2. The van der Waals surface area contributed by atoms with Crippen molar-refractivity contribution in [3.05, 3.63) is 22.1 Å². The summed E-state index contributed by atoms with van der Waals surface area (Å²) < 4.78 is 0. The quantitative estimate of drug-likeness (QED) is 0.882. The first-order chi connectivity index (χ1) is 8.66. The van der Waals surface area contributed by atoms with Crippen LogP contribution in [0, 0.1) is 0 Å². The van der Waals surface area contributed by atoms with Crippen LogP contribution in [0.5, 0.6) is 0 Å². The number of H-pyrrole nitrogens is 1. The first-order valence-electron chi connectivity index (χ1n) is 6.20. The lowest BCUT2D eigenvalue weighted by molar-refractivity contribution is 0.873. The average molecular weight is 279 g/mol. The molecule has 0 bridgehead atoms. The number of aryl methyl sites for hydroxylation is 1. The fourth-order valence-electron chi connectivity index (χ4n) is 2.41. The second-order valence-electron chi connectivity index (χ2n) is 4.91. The van der Waals surface area contributed by atoms with Crippen molar-refractivity contribution in [1.82, 2.24) is 10.2 Å². The molecule has 3 rings (SSSR count). The van der Waals surface area contributed by atoms with Gasteiger partial charge in [0.05, 0.1) is 10.6 Å². The Kier molecular flexibility index (Phi) is 3.11. The molecular formula is C13H17N3S2. The molecule has 0 aromatic carbocycles. The monoisotopic (exact) mass is 279 g/mol. The first-order valence-corrected chi connectivity index (χ1v) is 8.17. The lowest BCUT2D eigenvalue weighted by Crippen LogP contribution is -1.96. The molecule has 0 aliphatic carbocycles. The number of nitrogens with zero attached hydrogens (tertiary/aromatic N) is 1. The van der Waals surface area contributed by atoms with Crippen LogP contribution in [0.3, 0.4) is 0 Å². The maximum Gasteiger partial charge on any atom is 0.149 e. The van der Waals surface area contributed by atoms with Crippen LogP contribution in [0.2, 0.25) is 0 Å². The topological polar surface area (TPSA) is 54.7 Å². The molecule has 0 spiro atoms. The molecule has 3 N–H and O–H groups in total. The van der Waals surface area contributed by atoms with E-state index in [1.165, 1.54) is 27.5 Å². The largest absolute Gasteiger partial charge is 0.382 e. The molecule has 1 aliphatic rings. The molecule has 0 fully saturated rings. The van der Waals surface area contributed by atoms with Gasteiger partial charge in [0.1, 0.15) is 5.82 Å². The number of hydrogen-bond donors (Lipinski definition) is 2. The van der Waals surface area contributed by atoms with Gasteiger partial charge in [0.15, 0.2) is 0 Å². The van der Waals surface area contributed by atoms with Crippen molar-refractivity contribution in [2.45, 2.75) is 31.9 Å². The lowest BCUT2D eigenvalue weighted by atomic mass is 10.0. The minimum Gasteiger partial charge on any atom is -0.382 e. The third kappa shape index (κ3) is 1.95. The summed E-state index contributed by atoms with van der Waals surface area (Å²) in [6.07, 6.45) is 1.20. The van der Waals surface area contributed by atoms with Gasteiger partial charge in [0.2, 0.25) is 0 Å². The molecule has 5 heteroatoms. The minimum atomic E-state index is 0.396. The highest BCUT2D eigenvalue weighted by Gasteiger charge is 2.20. The minimum absolute atomic E-state index is 0.396. The number of aromatic amines is 1. The second kappa shape index (κ2) is 4.63. The zero-order chi connectivity index (χ0) is 12.7. The van der Waals surface area contributed by atoms with Gasteiger partial charge in [0.25, 0.3) is 0 Å². The van der Waals surface area contributed by atoms with Crippen molar-refractivity contribution in [2.24, 2.45) is 0 Å². The zero-order valence-corrected chi connectivity index (χ0v) is 12.3. The van der Waals surface area contributed by atoms with Crippen molar-refractivity contribution in [3.8, 4) is 10.6 Å². The summed E-state index contributed by atoms with van der Waals surface area (Å²) in [6, 6.07) is 2.31. The Hall–Kier alpha value is -0.940. The third-order valence-electron chi connectivity index (χ3n) is 3.28. The van der Waals surface area contributed by atoms with Crippen LogP contribution in [0.25, 0.3) is 10.6 Å². The van der Waals surface area contributed by atoms with Crippen LogP contribution >= 0.6 is 23.1 Å². The smallest absolute Gasteiger partial charge is 0.149 e. The maximum absolute atomic E-state index is 5.96. The first kappa shape index (κ1) is 12.1. The highest BCUT2D eigenvalue weighted by molar-refractivity contribution is 7.98. The fraction of sp³-hybridized carbons (Fsp3) is 0.462. The van der Waals surface area contributed by atoms with Gasteiger partial charge in [-0.2, -0.15) is 16.9 Å². The van der Waals surface area contributed by atoms with Crippen molar-refractivity contribution in [3.63, 3.8) is 0 Å². The molecule has 0 atom stereocenters.